The summed E-state index contributed by atoms with van der Waals surface area (Å²) in [6, 6.07) is 10.5. The highest BCUT2D eigenvalue weighted by molar-refractivity contribution is 7.99. The first kappa shape index (κ1) is 15.5. The summed E-state index contributed by atoms with van der Waals surface area (Å²) >= 11 is 1.21. The second-order valence-electron chi connectivity index (χ2n) is 5.06. The van der Waals surface area contributed by atoms with Crippen molar-refractivity contribution in [1.29, 1.82) is 0 Å². The Morgan fingerprint density at radius 3 is 3.00 bits per heavy atom. The van der Waals surface area contributed by atoms with Crippen molar-refractivity contribution in [2.45, 2.75) is 18.0 Å². The molecular weight excluding hydrogens is 316 g/mol. The van der Waals surface area contributed by atoms with Crippen LogP contribution in [-0.4, -0.2) is 18.5 Å². The lowest BCUT2D eigenvalue weighted by molar-refractivity contribution is -0.645. The summed E-state index contributed by atoms with van der Waals surface area (Å²) in [4.78, 5) is 12.0. The number of pyridine rings is 1. The molecule has 0 bridgehead atoms. The number of rotatable bonds is 5. The molecule has 1 aliphatic heterocycles. The monoisotopic (exact) mass is 332 g/mol. The third kappa shape index (κ3) is 3.68. The van der Waals surface area contributed by atoms with Gasteiger partial charge in [-0.05, 0) is 42.4 Å². The number of aromatic nitrogens is 1. The lowest BCUT2D eigenvalue weighted by Crippen LogP contribution is -2.31. The molecule has 2 aromatic rings. The summed E-state index contributed by atoms with van der Waals surface area (Å²) in [5.41, 5.74) is 0.936. The number of hydrogen-bond acceptors (Lipinski definition) is 5. The van der Waals surface area contributed by atoms with Crippen molar-refractivity contribution < 1.29 is 19.0 Å². The SMILES string of the molecule is CC(NC(=O)CSc1cccc[n+]1[O-])c1ccc2c(c1)OCO2. The van der Waals surface area contributed by atoms with Crippen LogP contribution in [0.4, 0.5) is 0 Å². The Labute approximate surface area is 138 Å². The number of nitrogens with one attached hydrogen (secondary N) is 1. The number of carbonyl (C=O) groups is 1. The van der Waals surface area contributed by atoms with Gasteiger partial charge < -0.3 is 20.0 Å². The molecule has 1 N–H and O–H groups in total. The molecule has 0 saturated heterocycles. The lowest BCUT2D eigenvalue weighted by Gasteiger charge is -2.14. The van der Waals surface area contributed by atoms with Crippen LogP contribution in [-0.2, 0) is 4.79 Å². The summed E-state index contributed by atoms with van der Waals surface area (Å²) < 4.78 is 11.4. The first-order valence-corrected chi connectivity index (χ1v) is 8.12. The fraction of sp³-hybridized carbons (Fsp3) is 0.250. The van der Waals surface area contributed by atoms with Gasteiger partial charge in [0, 0.05) is 12.1 Å². The molecule has 2 heterocycles. The minimum atomic E-state index is -0.159. The van der Waals surface area contributed by atoms with E-state index in [1.807, 2.05) is 25.1 Å². The molecule has 3 rings (SSSR count). The number of benzene rings is 1. The second kappa shape index (κ2) is 6.78. The fourth-order valence-electron chi connectivity index (χ4n) is 2.21. The molecule has 0 spiro atoms. The molecule has 23 heavy (non-hydrogen) atoms. The minimum absolute atomic E-state index is 0.135. The summed E-state index contributed by atoms with van der Waals surface area (Å²) in [6.45, 7) is 2.12. The zero-order valence-electron chi connectivity index (χ0n) is 12.5. The molecule has 0 saturated carbocycles. The Morgan fingerprint density at radius 1 is 1.35 bits per heavy atom. The van der Waals surface area contributed by atoms with Crippen molar-refractivity contribution in [3.63, 3.8) is 0 Å². The first-order valence-electron chi connectivity index (χ1n) is 7.13. The van der Waals surface area contributed by atoms with Crippen LogP contribution in [0, 0.1) is 5.21 Å². The Bertz CT molecular complexity index is 723. The third-order valence-electron chi connectivity index (χ3n) is 3.41. The molecule has 120 valence electrons. The van der Waals surface area contributed by atoms with Crippen LogP contribution >= 0.6 is 11.8 Å². The van der Waals surface area contributed by atoms with Crippen molar-refractivity contribution in [3.05, 3.63) is 53.4 Å². The van der Waals surface area contributed by atoms with Gasteiger partial charge in [-0.2, -0.15) is 4.73 Å². The van der Waals surface area contributed by atoms with Gasteiger partial charge in [-0.3, -0.25) is 4.79 Å². The first-order chi connectivity index (χ1) is 11.1. The largest absolute Gasteiger partial charge is 0.618 e. The highest BCUT2D eigenvalue weighted by Crippen LogP contribution is 2.34. The van der Waals surface area contributed by atoms with E-state index in [0.29, 0.717) is 16.5 Å². The molecule has 1 aromatic carbocycles. The fourth-order valence-corrected chi connectivity index (χ4v) is 2.94. The molecule has 1 atom stereocenters. The predicted octanol–water partition coefficient (Wildman–Crippen LogP) is 2.02. The summed E-state index contributed by atoms with van der Waals surface area (Å²) in [6.07, 6.45) is 1.41. The molecule has 0 radical (unpaired) electrons. The summed E-state index contributed by atoms with van der Waals surface area (Å²) in [5.74, 6) is 1.45. The normalized spacial score (nSPS) is 13.6. The van der Waals surface area contributed by atoms with Gasteiger partial charge in [-0.25, -0.2) is 0 Å². The topological polar surface area (TPSA) is 74.5 Å². The van der Waals surface area contributed by atoms with Gasteiger partial charge in [-0.15, -0.1) is 0 Å². The van der Waals surface area contributed by atoms with E-state index in [2.05, 4.69) is 5.32 Å². The van der Waals surface area contributed by atoms with Crippen LogP contribution in [0.1, 0.15) is 18.5 Å². The van der Waals surface area contributed by atoms with E-state index in [1.54, 1.807) is 18.2 Å². The van der Waals surface area contributed by atoms with Gasteiger partial charge in [0.25, 0.3) is 5.03 Å². The molecular formula is C16H16N2O4S. The molecule has 1 unspecified atom stereocenters. The smallest absolute Gasteiger partial charge is 0.251 e. The summed E-state index contributed by atoms with van der Waals surface area (Å²) in [5, 5.41) is 14.9. The molecule has 1 aliphatic rings. The third-order valence-corrected chi connectivity index (χ3v) is 4.43. The number of hydrogen-bond donors (Lipinski definition) is 1. The van der Waals surface area contributed by atoms with Crippen LogP contribution in [0.25, 0.3) is 0 Å². The molecule has 7 heteroatoms. The number of fused-ring (bicyclic) bond motifs is 1. The Morgan fingerprint density at radius 2 is 2.17 bits per heavy atom. The van der Waals surface area contributed by atoms with Crippen molar-refractivity contribution in [2.24, 2.45) is 0 Å². The average Bonchev–Trinajstić information content (AvgIpc) is 3.01. The number of carbonyl (C=O) groups excluding carboxylic acids is 1. The maximum absolute atomic E-state index is 12.0. The average molecular weight is 332 g/mol. The van der Waals surface area contributed by atoms with Crippen molar-refractivity contribution in [3.8, 4) is 11.5 Å². The van der Waals surface area contributed by atoms with Crippen molar-refractivity contribution in [2.75, 3.05) is 12.5 Å². The molecule has 1 aromatic heterocycles. The van der Waals surface area contributed by atoms with Gasteiger partial charge in [0.15, 0.2) is 17.7 Å². The maximum Gasteiger partial charge on any atom is 0.251 e. The highest BCUT2D eigenvalue weighted by atomic mass is 32.2. The predicted molar refractivity (Wildman–Crippen MR) is 85.2 cm³/mol. The van der Waals surface area contributed by atoms with Crippen LogP contribution < -0.4 is 19.5 Å². The van der Waals surface area contributed by atoms with Crippen LogP contribution in [0.15, 0.2) is 47.6 Å². The second-order valence-corrected chi connectivity index (χ2v) is 6.05. The number of ether oxygens (including phenoxy) is 2. The number of amides is 1. The minimum Gasteiger partial charge on any atom is -0.618 e. The van der Waals surface area contributed by atoms with Gasteiger partial charge in [0.05, 0.1) is 11.8 Å². The maximum atomic E-state index is 12.0. The van der Waals surface area contributed by atoms with E-state index in [1.165, 1.54) is 18.0 Å². The zero-order valence-corrected chi connectivity index (χ0v) is 13.3. The summed E-state index contributed by atoms with van der Waals surface area (Å²) in [7, 11) is 0. The van der Waals surface area contributed by atoms with Crippen LogP contribution in [0.2, 0.25) is 0 Å². The molecule has 0 fully saturated rings. The number of thioether (sulfide) groups is 1. The zero-order chi connectivity index (χ0) is 16.2. The molecule has 0 aliphatic carbocycles. The Kier molecular flexibility index (Phi) is 4.57. The van der Waals surface area contributed by atoms with Crippen molar-refractivity contribution in [1.82, 2.24) is 5.32 Å². The quantitative estimate of drug-likeness (QED) is 0.515. The van der Waals surface area contributed by atoms with E-state index in [-0.39, 0.29) is 24.5 Å². The number of nitrogens with zero attached hydrogens (tertiary/aromatic N) is 1. The van der Waals surface area contributed by atoms with Crippen LogP contribution in [0.3, 0.4) is 0 Å². The molecule has 1 amide bonds. The van der Waals surface area contributed by atoms with Crippen molar-refractivity contribution >= 4 is 17.7 Å². The van der Waals surface area contributed by atoms with E-state index in [0.717, 1.165) is 10.3 Å². The van der Waals surface area contributed by atoms with E-state index in [9.17, 15) is 10.0 Å². The standard InChI is InChI=1S/C16H16N2O4S/c1-11(12-5-6-13-14(8-12)22-10-21-13)17-15(19)9-23-16-4-2-3-7-18(16)20/h2-8,11H,9-10H2,1H3,(H,17,19). The van der Waals surface area contributed by atoms with Gasteiger partial charge >= 0.3 is 0 Å². The van der Waals surface area contributed by atoms with E-state index in [4.69, 9.17) is 9.47 Å². The Hall–Kier alpha value is -2.41. The van der Waals surface area contributed by atoms with E-state index >= 15 is 0 Å². The van der Waals surface area contributed by atoms with Gasteiger partial charge in [0.2, 0.25) is 12.7 Å². The van der Waals surface area contributed by atoms with Crippen LogP contribution in [0.5, 0.6) is 11.5 Å². The highest BCUT2D eigenvalue weighted by Gasteiger charge is 2.17. The van der Waals surface area contributed by atoms with Gasteiger partial charge in [0.1, 0.15) is 0 Å². The lowest BCUT2D eigenvalue weighted by atomic mass is 10.1. The Balaban J connectivity index is 1.56. The molecule has 6 nitrogen and oxygen atoms in total. The van der Waals surface area contributed by atoms with Gasteiger partial charge in [-0.1, -0.05) is 6.07 Å². The van der Waals surface area contributed by atoms with E-state index < -0.39 is 0 Å².